The molecule has 0 saturated heterocycles. The average Bonchev–Trinajstić information content (AvgIpc) is 3.12. The number of anilines is 1. The van der Waals surface area contributed by atoms with Crippen molar-refractivity contribution in [2.24, 2.45) is 0 Å². The van der Waals surface area contributed by atoms with Crippen molar-refractivity contribution in [1.29, 1.82) is 0 Å². The third-order valence-electron chi connectivity index (χ3n) is 5.05. The third kappa shape index (κ3) is 5.35. The maximum atomic E-state index is 13.5. The molecule has 4 nitrogen and oxygen atoms in total. The minimum absolute atomic E-state index is 0.0448. The number of hydrogen-bond donors (Lipinski definition) is 1. The van der Waals surface area contributed by atoms with Crippen LogP contribution < -0.4 is 10.2 Å². The Labute approximate surface area is 182 Å². The number of benzene rings is 1. The van der Waals surface area contributed by atoms with Crippen molar-refractivity contribution in [3.63, 3.8) is 0 Å². The highest BCUT2D eigenvalue weighted by Gasteiger charge is 2.48. The summed E-state index contributed by atoms with van der Waals surface area (Å²) in [4.78, 5) is 27.4. The maximum Gasteiger partial charge on any atom is 0.471 e. The lowest BCUT2D eigenvalue weighted by atomic mass is 9.95. The topological polar surface area (TPSA) is 49.4 Å². The highest BCUT2D eigenvalue weighted by atomic mass is 35.5. The molecular formula is C21H22ClF3N2O2S. The van der Waals surface area contributed by atoms with Crippen LogP contribution in [-0.2, 0) is 9.59 Å². The first-order valence-corrected chi connectivity index (χ1v) is 10.9. The van der Waals surface area contributed by atoms with E-state index in [9.17, 15) is 22.8 Å². The zero-order valence-corrected chi connectivity index (χ0v) is 17.9. The van der Waals surface area contributed by atoms with Crippen LogP contribution >= 0.6 is 22.9 Å². The SMILES string of the molecule is Cc1ccc([C@H](C(=O)NC2CCCCC2)N(C(=O)C(F)(F)F)c2ccc(Cl)cc2)s1. The fraction of sp³-hybridized carbons (Fsp3) is 0.429. The van der Waals surface area contributed by atoms with Gasteiger partial charge in [0.15, 0.2) is 6.04 Å². The van der Waals surface area contributed by atoms with Gasteiger partial charge in [-0.1, -0.05) is 30.9 Å². The van der Waals surface area contributed by atoms with Crippen molar-refractivity contribution < 1.29 is 22.8 Å². The van der Waals surface area contributed by atoms with E-state index in [1.165, 1.54) is 35.6 Å². The fourth-order valence-electron chi connectivity index (χ4n) is 3.62. The molecule has 1 aliphatic carbocycles. The van der Waals surface area contributed by atoms with E-state index in [2.05, 4.69) is 5.32 Å². The van der Waals surface area contributed by atoms with Crippen molar-refractivity contribution >= 4 is 40.4 Å². The highest BCUT2D eigenvalue weighted by Crippen LogP contribution is 2.36. The van der Waals surface area contributed by atoms with E-state index in [-0.39, 0.29) is 11.7 Å². The van der Waals surface area contributed by atoms with Crippen LogP contribution in [0.3, 0.4) is 0 Å². The monoisotopic (exact) mass is 458 g/mol. The van der Waals surface area contributed by atoms with Gasteiger partial charge >= 0.3 is 12.1 Å². The van der Waals surface area contributed by atoms with E-state index >= 15 is 0 Å². The molecule has 2 amide bonds. The minimum atomic E-state index is -5.14. The molecule has 9 heteroatoms. The van der Waals surface area contributed by atoms with Crippen molar-refractivity contribution in [3.05, 3.63) is 51.2 Å². The van der Waals surface area contributed by atoms with E-state index in [1.807, 2.05) is 0 Å². The Morgan fingerprint density at radius 3 is 2.27 bits per heavy atom. The summed E-state index contributed by atoms with van der Waals surface area (Å²) < 4.78 is 40.6. The summed E-state index contributed by atoms with van der Waals surface area (Å²) in [7, 11) is 0. The summed E-state index contributed by atoms with van der Waals surface area (Å²) >= 11 is 7.07. The zero-order chi connectivity index (χ0) is 21.9. The second-order valence-electron chi connectivity index (χ2n) is 7.34. The summed E-state index contributed by atoms with van der Waals surface area (Å²) in [6.07, 6.45) is -0.614. The molecule has 1 fully saturated rings. The predicted octanol–water partition coefficient (Wildman–Crippen LogP) is 5.80. The molecular weight excluding hydrogens is 437 g/mol. The van der Waals surface area contributed by atoms with Crippen LogP contribution in [0, 0.1) is 6.92 Å². The Bertz CT molecular complexity index is 892. The average molecular weight is 459 g/mol. The molecule has 0 spiro atoms. The number of hydrogen-bond acceptors (Lipinski definition) is 3. The molecule has 1 saturated carbocycles. The molecule has 162 valence electrons. The molecule has 0 unspecified atom stereocenters. The molecule has 1 aliphatic rings. The van der Waals surface area contributed by atoms with Gasteiger partial charge in [-0.3, -0.25) is 14.5 Å². The van der Waals surface area contributed by atoms with E-state index in [4.69, 9.17) is 11.6 Å². The summed E-state index contributed by atoms with van der Waals surface area (Å²) in [6, 6.07) is 7.19. The van der Waals surface area contributed by atoms with Gasteiger partial charge in [-0.15, -0.1) is 11.3 Å². The van der Waals surface area contributed by atoms with Crippen LogP contribution in [0.4, 0.5) is 18.9 Å². The van der Waals surface area contributed by atoms with E-state index < -0.39 is 24.0 Å². The molecule has 0 aliphatic heterocycles. The van der Waals surface area contributed by atoms with Gasteiger partial charge in [0.1, 0.15) is 0 Å². The maximum absolute atomic E-state index is 13.5. The summed E-state index contributed by atoms with van der Waals surface area (Å²) in [5.74, 6) is -2.71. The number of aryl methyl sites for hydroxylation is 1. The Kier molecular flexibility index (Phi) is 7.08. The van der Waals surface area contributed by atoms with Crippen molar-refractivity contribution in [1.82, 2.24) is 5.32 Å². The number of amides is 2. The third-order valence-corrected chi connectivity index (χ3v) is 6.36. The molecule has 30 heavy (non-hydrogen) atoms. The van der Waals surface area contributed by atoms with Crippen LogP contribution in [0.1, 0.15) is 47.9 Å². The lowest BCUT2D eigenvalue weighted by Gasteiger charge is -2.33. The highest BCUT2D eigenvalue weighted by molar-refractivity contribution is 7.12. The Balaban J connectivity index is 2.04. The Morgan fingerprint density at radius 1 is 1.10 bits per heavy atom. The quantitative estimate of drug-likeness (QED) is 0.616. The molecule has 0 radical (unpaired) electrons. The standard InChI is InChI=1S/C21H22ClF3N2O2S/c1-13-7-12-17(30-13)18(19(28)26-15-5-3-2-4-6-15)27(20(29)21(23,24)25)16-10-8-14(22)9-11-16/h7-12,15,18H,2-6H2,1H3,(H,26,28)/t18-/m1/s1. The fourth-order valence-corrected chi connectivity index (χ4v) is 4.72. The zero-order valence-electron chi connectivity index (χ0n) is 16.3. The first-order chi connectivity index (χ1) is 14.2. The van der Waals surface area contributed by atoms with Gasteiger partial charge < -0.3 is 5.32 Å². The minimum Gasteiger partial charge on any atom is -0.351 e. The largest absolute Gasteiger partial charge is 0.471 e. The van der Waals surface area contributed by atoms with Crippen molar-refractivity contribution in [2.45, 2.75) is 57.3 Å². The van der Waals surface area contributed by atoms with Gasteiger partial charge in [0.05, 0.1) is 0 Å². The molecule has 1 aromatic carbocycles. The van der Waals surface area contributed by atoms with Gasteiger partial charge in [-0.2, -0.15) is 13.2 Å². The van der Waals surface area contributed by atoms with Gasteiger partial charge in [0, 0.05) is 26.5 Å². The molecule has 0 bridgehead atoms. The number of thiophene rings is 1. The first-order valence-electron chi connectivity index (χ1n) is 9.69. The summed E-state index contributed by atoms with van der Waals surface area (Å²) in [6.45, 7) is 1.79. The predicted molar refractivity (Wildman–Crippen MR) is 112 cm³/mol. The second kappa shape index (κ2) is 9.39. The van der Waals surface area contributed by atoms with Crippen LogP contribution in [0.5, 0.6) is 0 Å². The molecule has 1 aromatic heterocycles. The Morgan fingerprint density at radius 2 is 1.73 bits per heavy atom. The van der Waals surface area contributed by atoms with Gasteiger partial charge in [-0.05, 0) is 56.2 Å². The number of carbonyl (C=O) groups is 2. The van der Waals surface area contributed by atoms with E-state index in [1.54, 1.807) is 19.1 Å². The van der Waals surface area contributed by atoms with E-state index in [0.29, 0.717) is 14.8 Å². The van der Waals surface area contributed by atoms with Gasteiger partial charge in [-0.25, -0.2) is 0 Å². The number of halogens is 4. The van der Waals surface area contributed by atoms with Gasteiger partial charge in [0.25, 0.3) is 0 Å². The smallest absolute Gasteiger partial charge is 0.351 e. The first kappa shape index (κ1) is 22.6. The van der Waals surface area contributed by atoms with Crippen molar-refractivity contribution in [3.8, 4) is 0 Å². The molecule has 2 aromatic rings. The van der Waals surface area contributed by atoms with Crippen molar-refractivity contribution in [2.75, 3.05) is 4.90 Å². The second-order valence-corrected chi connectivity index (χ2v) is 9.10. The number of rotatable bonds is 5. The van der Waals surface area contributed by atoms with Crippen LogP contribution in [0.2, 0.25) is 5.02 Å². The van der Waals surface area contributed by atoms with Crippen LogP contribution in [0.15, 0.2) is 36.4 Å². The number of nitrogens with one attached hydrogen (secondary N) is 1. The van der Waals surface area contributed by atoms with Crippen LogP contribution in [-0.4, -0.2) is 24.0 Å². The van der Waals surface area contributed by atoms with E-state index in [0.717, 1.165) is 37.0 Å². The summed E-state index contributed by atoms with van der Waals surface area (Å²) in [5, 5.41) is 3.19. The molecule has 3 rings (SSSR count). The molecule has 1 atom stereocenters. The summed E-state index contributed by atoms with van der Waals surface area (Å²) in [5.41, 5.74) is -0.0448. The molecule has 1 heterocycles. The lowest BCUT2D eigenvalue weighted by Crippen LogP contribution is -2.50. The molecule has 1 N–H and O–H groups in total. The number of alkyl halides is 3. The number of nitrogens with zero attached hydrogens (tertiary/aromatic N) is 1. The van der Waals surface area contributed by atoms with Crippen LogP contribution in [0.25, 0.3) is 0 Å². The lowest BCUT2D eigenvalue weighted by molar-refractivity contribution is -0.171. The normalized spacial score (nSPS) is 16.2. The number of carbonyl (C=O) groups excluding carboxylic acids is 2. The van der Waals surface area contributed by atoms with Gasteiger partial charge in [0.2, 0.25) is 5.91 Å². The Hall–Kier alpha value is -2.06.